The highest BCUT2D eigenvalue weighted by Crippen LogP contribution is 2.30. The van der Waals surface area contributed by atoms with E-state index in [0.717, 1.165) is 13.1 Å². The van der Waals surface area contributed by atoms with E-state index in [1.165, 1.54) is 30.4 Å². The average molecular weight is 247 g/mol. The number of benzene rings is 1. The van der Waals surface area contributed by atoms with Crippen molar-refractivity contribution < 1.29 is 5.11 Å². The summed E-state index contributed by atoms with van der Waals surface area (Å²) >= 11 is 0. The van der Waals surface area contributed by atoms with Crippen LogP contribution in [0.1, 0.15) is 43.7 Å². The fraction of sp³-hybridized carbons (Fsp3) is 0.625. The molecule has 2 N–H and O–H groups in total. The minimum absolute atomic E-state index is 0.0197. The normalized spacial score (nSPS) is 19.6. The Morgan fingerprint density at radius 3 is 2.89 bits per heavy atom. The van der Waals surface area contributed by atoms with Crippen molar-refractivity contribution in [2.24, 2.45) is 5.41 Å². The first-order valence-electron chi connectivity index (χ1n) is 7.02. The van der Waals surface area contributed by atoms with Gasteiger partial charge < -0.3 is 10.4 Å². The number of aliphatic hydroxyl groups is 1. The summed E-state index contributed by atoms with van der Waals surface area (Å²) in [6.07, 6.45) is 3.81. The van der Waals surface area contributed by atoms with Gasteiger partial charge in [-0.15, -0.1) is 0 Å². The summed E-state index contributed by atoms with van der Waals surface area (Å²) in [4.78, 5) is 0. The van der Waals surface area contributed by atoms with Crippen LogP contribution < -0.4 is 5.32 Å². The third-order valence-corrected chi connectivity index (χ3v) is 3.92. The smallest absolute Gasteiger partial charge is 0.0494 e. The molecule has 0 spiro atoms. The van der Waals surface area contributed by atoms with Crippen molar-refractivity contribution in [1.29, 1.82) is 0 Å². The number of nitrogens with one attached hydrogen (secondary N) is 1. The molecule has 0 fully saturated rings. The molecule has 2 heteroatoms. The van der Waals surface area contributed by atoms with Gasteiger partial charge in [0.1, 0.15) is 0 Å². The van der Waals surface area contributed by atoms with Crippen LogP contribution in [-0.2, 0) is 6.42 Å². The molecule has 0 radical (unpaired) electrons. The summed E-state index contributed by atoms with van der Waals surface area (Å²) in [5.74, 6) is 0.643. The van der Waals surface area contributed by atoms with Gasteiger partial charge in [0.05, 0.1) is 0 Å². The molecule has 0 saturated heterocycles. The lowest BCUT2D eigenvalue weighted by molar-refractivity contribution is 0.156. The summed E-state index contributed by atoms with van der Waals surface area (Å²) in [5.41, 5.74) is 3.03. The van der Waals surface area contributed by atoms with Crippen LogP contribution in [0.3, 0.4) is 0 Å². The first kappa shape index (κ1) is 13.6. The Morgan fingerprint density at radius 1 is 1.33 bits per heavy atom. The summed E-state index contributed by atoms with van der Waals surface area (Å²) in [5, 5.41) is 12.8. The third-order valence-electron chi connectivity index (χ3n) is 3.92. The van der Waals surface area contributed by atoms with E-state index >= 15 is 0 Å². The van der Waals surface area contributed by atoms with E-state index in [-0.39, 0.29) is 12.0 Å². The second-order valence-corrected chi connectivity index (χ2v) is 6.24. The van der Waals surface area contributed by atoms with E-state index in [1.54, 1.807) is 0 Å². The maximum atomic E-state index is 9.25. The maximum Gasteiger partial charge on any atom is 0.0494 e. The second kappa shape index (κ2) is 5.85. The quantitative estimate of drug-likeness (QED) is 0.838. The first-order valence-corrected chi connectivity index (χ1v) is 7.02. The Labute approximate surface area is 110 Å². The molecule has 1 aliphatic carbocycles. The first-order chi connectivity index (χ1) is 8.62. The molecular formula is C16H25NO. The summed E-state index contributed by atoms with van der Waals surface area (Å²) in [6, 6.07) is 8.83. The molecule has 0 bridgehead atoms. The van der Waals surface area contributed by atoms with Crippen molar-refractivity contribution in [3.8, 4) is 0 Å². The van der Waals surface area contributed by atoms with Crippen LogP contribution >= 0.6 is 0 Å². The van der Waals surface area contributed by atoms with Gasteiger partial charge in [0.2, 0.25) is 0 Å². The molecule has 100 valence electrons. The van der Waals surface area contributed by atoms with E-state index in [1.807, 2.05) is 0 Å². The number of hydrogen-bond acceptors (Lipinski definition) is 2. The van der Waals surface area contributed by atoms with E-state index < -0.39 is 0 Å². The number of fused-ring (bicyclic) bond motifs is 1. The topological polar surface area (TPSA) is 32.3 Å². The van der Waals surface area contributed by atoms with Crippen molar-refractivity contribution >= 4 is 0 Å². The highest BCUT2D eigenvalue weighted by atomic mass is 16.3. The van der Waals surface area contributed by atoms with Crippen LogP contribution in [-0.4, -0.2) is 24.8 Å². The van der Waals surface area contributed by atoms with Crippen molar-refractivity contribution in [1.82, 2.24) is 5.32 Å². The summed E-state index contributed by atoms with van der Waals surface area (Å²) < 4.78 is 0. The molecule has 2 nitrogen and oxygen atoms in total. The standard InChI is InChI=1S/C16H25NO/c1-16(2,12-18)11-17-10-14-8-5-7-13-6-3-4-9-15(13)14/h3-4,6,9,14,17-18H,5,7-8,10-12H2,1-2H3. The van der Waals surface area contributed by atoms with Crippen LogP contribution in [0, 0.1) is 5.41 Å². The highest BCUT2D eigenvalue weighted by Gasteiger charge is 2.21. The largest absolute Gasteiger partial charge is 0.396 e. The summed E-state index contributed by atoms with van der Waals surface area (Å²) in [7, 11) is 0. The van der Waals surface area contributed by atoms with Crippen LogP contribution in [0.25, 0.3) is 0 Å². The number of aryl methyl sites for hydroxylation is 1. The van der Waals surface area contributed by atoms with Gasteiger partial charge in [-0.25, -0.2) is 0 Å². The predicted octanol–water partition coefficient (Wildman–Crippen LogP) is 2.71. The van der Waals surface area contributed by atoms with Gasteiger partial charge in [-0.3, -0.25) is 0 Å². The van der Waals surface area contributed by atoms with Gasteiger partial charge in [0, 0.05) is 25.1 Å². The van der Waals surface area contributed by atoms with Gasteiger partial charge in [-0.1, -0.05) is 38.1 Å². The zero-order chi connectivity index (χ0) is 13.0. The van der Waals surface area contributed by atoms with Gasteiger partial charge >= 0.3 is 0 Å². The molecule has 1 atom stereocenters. The minimum atomic E-state index is -0.0197. The molecule has 0 saturated carbocycles. The fourth-order valence-corrected chi connectivity index (χ4v) is 2.71. The molecule has 18 heavy (non-hydrogen) atoms. The monoisotopic (exact) mass is 247 g/mol. The molecule has 0 amide bonds. The van der Waals surface area contributed by atoms with E-state index in [0.29, 0.717) is 5.92 Å². The number of hydrogen-bond donors (Lipinski definition) is 2. The van der Waals surface area contributed by atoms with Gasteiger partial charge in [0.25, 0.3) is 0 Å². The molecule has 1 aromatic carbocycles. The van der Waals surface area contributed by atoms with E-state index in [9.17, 15) is 5.11 Å². The lowest BCUT2D eigenvalue weighted by atomic mass is 9.82. The SMILES string of the molecule is CC(C)(CO)CNCC1CCCc2ccccc21. The molecule has 1 aliphatic rings. The molecule has 0 heterocycles. The third kappa shape index (κ3) is 3.33. The van der Waals surface area contributed by atoms with Crippen molar-refractivity contribution in [2.75, 3.05) is 19.7 Å². The lowest BCUT2D eigenvalue weighted by Crippen LogP contribution is -2.35. The number of rotatable bonds is 5. The van der Waals surface area contributed by atoms with E-state index in [4.69, 9.17) is 0 Å². The Hall–Kier alpha value is -0.860. The number of aliphatic hydroxyl groups excluding tert-OH is 1. The van der Waals surface area contributed by atoms with Gasteiger partial charge in [-0.2, -0.15) is 0 Å². The molecule has 0 aromatic heterocycles. The molecule has 2 rings (SSSR count). The fourth-order valence-electron chi connectivity index (χ4n) is 2.71. The Balaban J connectivity index is 1.92. The molecular weight excluding hydrogens is 222 g/mol. The van der Waals surface area contributed by atoms with Crippen LogP contribution in [0.2, 0.25) is 0 Å². The van der Waals surface area contributed by atoms with Gasteiger partial charge in [-0.05, 0) is 36.3 Å². The molecule has 1 unspecified atom stereocenters. The predicted molar refractivity (Wildman–Crippen MR) is 75.9 cm³/mol. The van der Waals surface area contributed by atoms with E-state index in [2.05, 4.69) is 43.4 Å². The van der Waals surface area contributed by atoms with Gasteiger partial charge in [0.15, 0.2) is 0 Å². The zero-order valence-corrected chi connectivity index (χ0v) is 11.6. The average Bonchev–Trinajstić information content (AvgIpc) is 2.39. The maximum absolute atomic E-state index is 9.25. The minimum Gasteiger partial charge on any atom is -0.396 e. The lowest BCUT2D eigenvalue weighted by Gasteiger charge is -2.28. The van der Waals surface area contributed by atoms with Crippen LogP contribution in [0.4, 0.5) is 0 Å². The zero-order valence-electron chi connectivity index (χ0n) is 11.6. The van der Waals surface area contributed by atoms with Crippen LogP contribution in [0.5, 0.6) is 0 Å². The highest BCUT2D eigenvalue weighted by molar-refractivity contribution is 5.32. The van der Waals surface area contributed by atoms with Crippen molar-refractivity contribution in [3.05, 3.63) is 35.4 Å². The molecule has 0 aliphatic heterocycles. The Bertz CT molecular complexity index is 386. The Kier molecular flexibility index (Phi) is 4.41. The Morgan fingerprint density at radius 2 is 2.11 bits per heavy atom. The molecule has 1 aromatic rings. The van der Waals surface area contributed by atoms with Crippen molar-refractivity contribution in [2.45, 2.75) is 39.0 Å². The second-order valence-electron chi connectivity index (χ2n) is 6.24. The van der Waals surface area contributed by atoms with Crippen LogP contribution in [0.15, 0.2) is 24.3 Å². The van der Waals surface area contributed by atoms with Crippen molar-refractivity contribution in [3.63, 3.8) is 0 Å². The summed E-state index contributed by atoms with van der Waals surface area (Å²) in [6.45, 7) is 6.33.